The molecule has 1 saturated heterocycles. The summed E-state index contributed by atoms with van der Waals surface area (Å²) in [6, 6.07) is 4.61. The van der Waals surface area contributed by atoms with Crippen LogP contribution in [0.15, 0.2) is 46.0 Å². The van der Waals surface area contributed by atoms with E-state index in [0.29, 0.717) is 37.8 Å². The fourth-order valence-electron chi connectivity index (χ4n) is 3.44. The summed E-state index contributed by atoms with van der Waals surface area (Å²) in [4.78, 5) is 23.2. The molecular formula is C19H16F3N7O3. The van der Waals surface area contributed by atoms with Gasteiger partial charge in [0, 0.05) is 31.0 Å². The van der Waals surface area contributed by atoms with Crippen LogP contribution in [0.4, 0.5) is 19.0 Å². The van der Waals surface area contributed by atoms with Gasteiger partial charge in [-0.1, -0.05) is 17.3 Å². The van der Waals surface area contributed by atoms with Crippen molar-refractivity contribution in [3.63, 3.8) is 0 Å². The number of morpholine rings is 1. The first-order valence-electron chi connectivity index (χ1n) is 9.67. The molecule has 0 amide bonds. The fourth-order valence-corrected chi connectivity index (χ4v) is 3.44. The van der Waals surface area contributed by atoms with Crippen molar-refractivity contribution >= 4 is 11.5 Å². The van der Waals surface area contributed by atoms with Crippen LogP contribution in [0.1, 0.15) is 11.5 Å². The maximum Gasteiger partial charge on any atom is 0.416 e. The Balaban J connectivity index is 1.44. The SMILES string of the molecule is O=c1n(Cc2nc(-c3cccc(C(F)(F)F)c3)no2)nc2c(N3CCOCC3)nccn12. The molecule has 0 bridgehead atoms. The van der Waals surface area contributed by atoms with Gasteiger partial charge in [0.05, 0.1) is 18.8 Å². The molecule has 0 saturated carbocycles. The predicted octanol–water partition coefficient (Wildman–Crippen LogP) is 1.84. The molecular weight excluding hydrogens is 431 g/mol. The molecule has 1 aromatic carbocycles. The zero-order valence-electron chi connectivity index (χ0n) is 16.5. The largest absolute Gasteiger partial charge is 0.416 e. The van der Waals surface area contributed by atoms with Crippen LogP contribution in [0.2, 0.25) is 0 Å². The maximum absolute atomic E-state index is 13.0. The molecule has 1 fully saturated rings. The van der Waals surface area contributed by atoms with Crippen molar-refractivity contribution in [1.82, 2.24) is 29.3 Å². The van der Waals surface area contributed by atoms with Crippen LogP contribution in [0.25, 0.3) is 17.0 Å². The quantitative estimate of drug-likeness (QED) is 0.467. The lowest BCUT2D eigenvalue weighted by Crippen LogP contribution is -2.37. The van der Waals surface area contributed by atoms with Gasteiger partial charge in [-0.05, 0) is 12.1 Å². The second-order valence-corrected chi connectivity index (χ2v) is 7.07. The van der Waals surface area contributed by atoms with Crippen LogP contribution >= 0.6 is 0 Å². The molecule has 1 aliphatic heterocycles. The van der Waals surface area contributed by atoms with Crippen molar-refractivity contribution in [1.29, 1.82) is 0 Å². The van der Waals surface area contributed by atoms with E-state index in [0.717, 1.165) is 16.8 Å². The van der Waals surface area contributed by atoms with Gasteiger partial charge in [-0.2, -0.15) is 18.2 Å². The van der Waals surface area contributed by atoms with Crippen LogP contribution in [-0.2, 0) is 17.5 Å². The predicted molar refractivity (Wildman–Crippen MR) is 104 cm³/mol. The van der Waals surface area contributed by atoms with Crippen LogP contribution < -0.4 is 10.6 Å². The van der Waals surface area contributed by atoms with Crippen molar-refractivity contribution < 1.29 is 22.4 Å². The minimum absolute atomic E-state index is 0.0152. The van der Waals surface area contributed by atoms with Crippen LogP contribution in [-0.4, -0.2) is 55.6 Å². The molecule has 0 radical (unpaired) electrons. The van der Waals surface area contributed by atoms with E-state index < -0.39 is 17.4 Å². The average molecular weight is 447 g/mol. The smallest absolute Gasteiger partial charge is 0.378 e. The summed E-state index contributed by atoms with van der Waals surface area (Å²) in [5, 5.41) is 8.10. The second-order valence-electron chi connectivity index (χ2n) is 7.07. The van der Waals surface area contributed by atoms with E-state index in [2.05, 4.69) is 20.2 Å². The first-order valence-corrected chi connectivity index (χ1v) is 9.67. The van der Waals surface area contributed by atoms with E-state index >= 15 is 0 Å². The second kappa shape index (κ2) is 7.75. The Morgan fingerprint density at radius 1 is 1.16 bits per heavy atom. The highest BCUT2D eigenvalue weighted by atomic mass is 19.4. The number of fused-ring (bicyclic) bond motifs is 1. The number of ether oxygens (including phenoxy) is 1. The zero-order valence-corrected chi connectivity index (χ0v) is 16.5. The first kappa shape index (κ1) is 20.2. The van der Waals surface area contributed by atoms with Crippen molar-refractivity contribution in [2.45, 2.75) is 12.7 Å². The molecule has 4 heterocycles. The third-order valence-electron chi connectivity index (χ3n) is 4.99. The van der Waals surface area contributed by atoms with E-state index in [-0.39, 0.29) is 23.8 Å². The minimum atomic E-state index is -4.49. The highest BCUT2D eigenvalue weighted by Gasteiger charge is 2.31. The third kappa shape index (κ3) is 3.70. The molecule has 4 aromatic rings. The van der Waals surface area contributed by atoms with Gasteiger partial charge in [-0.25, -0.2) is 18.9 Å². The average Bonchev–Trinajstić information content (AvgIpc) is 3.39. The van der Waals surface area contributed by atoms with Gasteiger partial charge in [0.1, 0.15) is 6.54 Å². The van der Waals surface area contributed by atoms with Crippen molar-refractivity contribution in [2.24, 2.45) is 0 Å². The lowest BCUT2D eigenvalue weighted by atomic mass is 10.1. The summed E-state index contributed by atoms with van der Waals surface area (Å²) in [6.45, 7) is 2.20. The van der Waals surface area contributed by atoms with Crippen molar-refractivity contribution in [3.05, 3.63) is 58.6 Å². The maximum atomic E-state index is 13.0. The molecule has 10 nitrogen and oxygen atoms in total. The van der Waals surface area contributed by atoms with Crippen molar-refractivity contribution in [2.75, 3.05) is 31.2 Å². The lowest BCUT2D eigenvalue weighted by Gasteiger charge is -2.27. The number of hydrogen-bond donors (Lipinski definition) is 0. The Hall–Kier alpha value is -3.74. The van der Waals surface area contributed by atoms with E-state index in [1.807, 2.05) is 4.90 Å². The molecule has 13 heteroatoms. The van der Waals surface area contributed by atoms with Gasteiger partial charge < -0.3 is 14.2 Å². The molecule has 5 rings (SSSR count). The molecule has 32 heavy (non-hydrogen) atoms. The zero-order chi connectivity index (χ0) is 22.3. The molecule has 3 aromatic heterocycles. The molecule has 0 atom stereocenters. The van der Waals surface area contributed by atoms with Gasteiger partial charge in [-0.3, -0.25) is 0 Å². The highest BCUT2D eigenvalue weighted by Crippen LogP contribution is 2.31. The van der Waals surface area contributed by atoms with Gasteiger partial charge in [-0.15, -0.1) is 5.10 Å². The van der Waals surface area contributed by atoms with Crippen LogP contribution in [0, 0.1) is 0 Å². The summed E-state index contributed by atoms with van der Waals surface area (Å²) in [7, 11) is 0. The van der Waals surface area contributed by atoms with Crippen LogP contribution in [0.3, 0.4) is 0 Å². The number of nitrogens with zero attached hydrogens (tertiary/aromatic N) is 7. The summed E-state index contributed by atoms with van der Waals surface area (Å²) in [5.41, 5.74) is -0.732. The number of alkyl halides is 3. The number of rotatable bonds is 4. The first-order chi connectivity index (χ1) is 15.4. The monoisotopic (exact) mass is 447 g/mol. The van der Waals surface area contributed by atoms with Crippen molar-refractivity contribution in [3.8, 4) is 11.4 Å². The van der Waals surface area contributed by atoms with Gasteiger partial charge in [0.2, 0.25) is 17.4 Å². The Morgan fingerprint density at radius 2 is 1.97 bits per heavy atom. The van der Waals surface area contributed by atoms with E-state index in [9.17, 15) is 18.0 Å². The molecule has 0 aliphatic carbocycles. The lowest BCUT2D eigenvalue weighted by molar-refractivity contribution is -0.137. The number of anilines is 1. The van der Waals surface area contributed by atoms with E-state index in [1.165, 1.54) is 28.9 Å². The summed E-state index contributed by atoms with van der Waals surface area (Å²) < 4.78 is 51.9. The normalized spacial score (nSPS) is 14.9. The van der Waals surface area contributed by atoms with E-state index in [1.54, 1.807) is 0 Å². The molecule has 0 unspecified atom stereocenters. The number of benzene rings is 1. The summed E-state index contributed by atoms with van der Waals surface area (Å²) in [6.07, 6.45) is -1.46. The highest BCUT2D eigenvalue weighted by molar-refractivity contribution is 5.63. The molecule has 1 aliphatic rings. The van der Waals surface area contributed by atoms with Crippen LogP contribution in [0.5, 0.6) is 0 Å². The molecule has 166 valence electrons. The standard InChI is InChI=1S/C19H16F3N7O3/c20-19(21,22)13-3-1-2-12(10-13)15-24-14(32-26-15)11-29-18(30)28-5-4-23-16(17(28)25-29)27-6-8-31-9-7-27/h1-5,10H,6-9,11H2. The number of hydrogen-bond acceptors (Lipinski definition) is 8. The Morgan fingerprint density at radius 3 is 2.75 bits per heavy atom. The number of halogens is 3. The van der Waals surface area contributed by atoms with Gasteiger partial charge in [0.15, 0.2) is 5.82 Å². The number of aromatic nitrogens is 6. The third-order valence-corrected chi connectivity index (χ3v) is 4.99. The topological polar surface area (TPSA) is 104 Å². The van der Waals surface area contributed by atoms with Gasteiger partial charge >= 0.3 is 11.9 Å². The van der Waals surface area contributed by atoms with Gasteiger partial charge in [0.25, 0.3) is 0 Å². The summed E-state index contributed by atoms with van der Waals surface area (Å²) in [5.74, 6) is 0.573. The Bertz CT molecular complexity index is 1320. The Labute approximate surface area is 177 Å². The minimum Gasteiger partial charge on any atom is -0.378 e. The molecule has 0 spiro atoms. The van der Waals surface area contributed by atoms with E-state index in [4.69, 9.17) is 9.26 Å². The molecule has 0 N–H and O–H groups in total. The summed E-state index contributed by atoms with van der Waals surface area (Å²) >= 11 is 0. The fraction of sp³-hybridized carbons (Fsp3) is 0.316. The Kier molecular flexibility index (Phi) is 4.89.